The lowest BCUT2D eigenvalue weighted by Gasteiger charge is -2.38. The molecule has 2 aliphatic rings. The van der Waals surface area contributed by atoms with Gasteiger partial charge in [-0.15, -0.1) is 0 Å². The van der Waals surface area contributed by atoms with Crippen molar-refractivity contribution in [1.82, 2.24) is 5.32 Å². The Hall–Kier alpha value is -3.73. The Bertz CT molecular complexity index is 1640. The lowest BCUT2D eigenvalue weighted by Crippen LogP contribution is -2.50. The maximum atomic E-state index is 15.9. The number of ether oxygens (including phenoxy) is 1. The van der Waals surface area contributed by atoms with Gasteiger partial charge in [-0.05, 0) is 59.4 Å². The third kappa shape index (κ3) is 5.21. The van der Waals surface area contributed by atoms with Gasteiger partial charge in [0, 0.05) is 28.2 Å². The van der Waals surface area contributed by atoms with Crippen molar-refractivity contribution in [3.63, 3.8) is 0 Å². The first-order valence-corrected chi connectivity index (χ1v) is 14.3. The highest BCUT2D eigenvalue weighted by Gasteiger charge is 2.66. The van der Waals surface area contributed by atoms with E-state index in [0.717, 1.165) is 0 Å². The van der Waals surface area contributed by atoms with Crippen LogP contribution >= 0.6 is 23.2 Å². The molecular weight excluding hydrogens is 601 g/mol. The van der Waals surface area contributed by atoms with E-state index in [1.54, 1.807) is 38.1 Å². The van der Waals surface area contributed by atoms with Crippen LogP contribution in [-0.2, 0) is 15.0 Å². The second-order valence-electron chi connectivity index (χ2n) is 11.6. The maximum Gasteiger partial charge on any atom is 0.248 e. The van der Waals surface area contributed by atoms with E-state index in [0.29, 0.717) is 16.3 Å². The normalized spacial score (nSPS) is 22.8. The van der Waals surface area contributed by atoms with Crippen LogP contribution in [0.4, 0.5) is 20.2 Å². The molecule has 0 radical (unpaired) electrons. The second kappa shape index (κ2) is 11.4. The van der Waals surface area contributed by atoms with E-state index in [9.17, 15) is 18.8 Å². The minimum atomic E-state index is -1.56. The topological polar surface area (TPSA) is 123 Å². The molecule has 2 heterocycles. The van der Waals surface area contributed by atoms with E-state index in [1.165, 1.54) is 37.4 Å². The van der Waals surface area contributed by atoms with Crippen molar-refractivity contribution in [2.75, 3.05) is 24.4 Å². The molecule has 0 aliphatic carbocycles. The van der Waals surface area contributed by atoms with Gasteiger partial charge in [-0.25, -0.2) is 4.39 Å². The zero-order chi connectivity index (χ0) is 31.3. The number of carbonyl (C=O) groups excluding carboxylic acids is 3. The summed E-state index contributed by atoms with van der Waals surface area (Å²) in [4.78, 5) is 40.1. The van der Waals surface area contributed by atoms with Crippen molar-refractivity contribution in [1.29, 1.82) is 0 Å². The van der Waals surface area contributed by atoms with E-state index in [2.05, 4.69) is 16.0 Å². The Morgan fingerprint density at radius 1 is 1.14 bits per heavy atom. The van der Waals surface area contributed by atoms with Crippen LogP contribution in [0.15, 0.2) is 54.6 Å². The number of carbonyl (C=O) groups is 3. The van der Waals surface area contributed by atoms with Crippen LogP contribution in [0.5, 0.6) is 5.75 Å². The molecule has 43 heavy (non-hydrogen) atoms. The molecular formula is C31H30Cl2F2N4O4. The highest BCUT2D eigenvalue weighted by Crippen LogP contribution is 2.57. The predicted molar refractivity (Wildman–Crippen MR) is 161 cm³/mol. The van der Waals surface area contributed by atoms with Gasteiger partial charge >= 0.3 is 0 Å². The van der Waals surface area contributed by atoms with Crippen molar-refractivity contribution in [3.8, 4) is 5.75 Å². The lowest BCUT2D eigenvalue weighted by atomic mass is 9.62. The van der Waals surface area contributed by atoms with Gasteiger partial charge in [0.05, 0.1) is 30.5 Å². The molecule has 1 spiro atoms. The number of hydrogen-bond acceptors (Lipinski definition) is 5. The molecule has 5 N–H and O–H groups in total. The Labute approximate surface area is 257 Å². The van der Waals surface area contributed by atoms with E-state index in [1.807, 2.05) is 0 Å². The van der Waals surface area contributed by atoms with Gasteiger partial charge in [0.1, 0.15) is 17.0 Å². The zero-order valence-corrected chi connectivity index (χ0v) is 25.1. The van der Waals surface area contributed by atoms with Crippen molar-refractivity contribution < 1.29 is 27.9 Å². The molecule has 226 valence electrons. The molecule has 1 fully saturated rings. The van der Waals surface area contributed by atoms with Crippen LogP contribution in [0.25, 0.3) is 0 Å². The average Bonchev–Trinajstić information content (AvgIpc) is 3.44. The largest absolute Gasteiger partial charge is 0.495 e. The Morgan fingerprint density at radius 3 is 2.56 bits per heavy atom. The minimum Gasteiger partial charge on any atom is -0.495 e. The number of rotatable bonds is 8. The highest BCUT2D eigenvalue weighted by atomic mass is 35.5. The van der Waals surface area contributed by atoms with Gasteiger partial charge in [-0.2, -0.15) is 0 Å². The van der Waals surface area contributed by atoms with Crippen molar-refractivity contribution in [3.05, 3.63) is 87.2 Å². The van der Waals surface area contributed by atoms with E-state index in [4.69, 9.17) is 33.7 Å². The van der Waals surface area contributed by atoms with Gasteiger partial charge in [0.25, 0.3) is 0 Å². The lowest BCUT2D eigenvalue weighted by molar-refractivity contribution is -0.122. The molecule has 5 rings (SSSR count). The summed E-state index contributed by atoms with van der Waals surface area (Å²) in [6, 6.07) is 11.5. The van der Waals surface area contributed by atoms with Crippen LogP contribution in [0.3, 0.4) is 0 Å². The number of halogens is 4. The second-order valence-corrected chi connectivity index (χ2v) is 12.4. The molecule has 4 atom stereocenters. The van der Waals surface area contributed by atoms with Crippen molar-refractivity contribution in [2.45, 2.75) is 43.7 Å². The fourth-order valence-corrected chi connectivity index (χ4v) is 6.66. The summed E-state index contributed by atoms with van der Waals surface area (Å²) in [6.45, 7) is 2.73. The molecule has 3 amide bonds. The number of anilines is 2. The standard InChI is InChI=1S/C31H30Cl2F2N4O4/c1-30(2,14-34)13-23-31(18-9-8-16(32)12-21(18)38-29(31)42)24(17-5-4-6-19(33)25(17)35)26(39-23)28(41)37-20-10-7-15(27(36)40)11-22(20)43-3/h4-12,23-24,26,39H,13-14H2,1-3H3,(H2,36,40)(H,37,41)(H,38,42)/t23-,24-,26+,31+/m0/s1. The molecule has 0 unspecified atom stereocenters. The average molecular weight is 632 g/mol. The van der Waals surface area contributed by atoms with Gasteiger partial charge in [0.2, 0.25) is 17.7 Å². The molecule has 3 aromatic carbocycles. The number of methoxy groups -OCH3 is 1. The van der Waals surface area contributed by atoms with Gasteiger partial charge in [0.15, 0.2) is 0 Å². The number of hydrogen-bond donors (Lipinski definition) is 4. The van der Waals surface area contributed by atoms with Crippen LogP contribution in [0.2, 0.25) is 10.0 Å². The van der Waals surface area contributed by atoms with E-state index in [-0.39, 0.29) is 34.0 Å². The molecule has 12 heteroatoms. The SMILES string of the molecule is COc1cc(C(N)=O)ccc1NC(=O)[C@@H]1N[C@@H](CC(C)(C)CF)[C@@]2(C(=O)Nc3cc(Cl)ccc32)[C@H]1c1cccc(Cl)c1F. The monoisotopic (exact) mass is 630 g/mol. The Kier molecular flexibility index (Phi) is 8.15. The van der Waals surface area contributed by atoms with Gasteiger partial charge in [-0.1, -0.05) is 55.2 Å². The number of amides is 3. The van der Waals surface area contributed by atoms with Crippen LogP contribution in [-0.4, -0.2) is 43.6 Å². The summed E-state index contributed by atoms with van der Waals surface area (Å²) in [7, 11) is 1.36. The summed E-state index contributed by atoms with van der Waals surface area (Å²) >= 11 is 12.5. The van der Waals surface area contributed by atoms with Crippen LogP contribution in [0, 0.1) is 11.2 Å². The van der Waals surface area contributed by atoms with Crippen LogP contribution in [0.1, 0.15) is 47.7 Å². The summed E-state index contributed by atoms with van der Waals surface area (Å²) < 4.78 is 35.5. The predicted octanol–water partition coefficient (Wildman–Crippen LogP) is 5.58. The zero-order valence-electron chi connectivity index (χ0n) is 23.6. The van der Waals surface area contributed by atoms with Crippen molar-refractivity contribution in [2.24, 2.45) is 11.1 Å². The number of nitrogens with one attached hydrogen (secondary N) is 3. The summed E-state index contributed by atoms with van der Waals surface area (Å²) in [5.41, 5.74) is 4.26. The number of primary amides is 1. The number of benzene rings is 3. The molecule has 0 bridgehead atoms. The first-order valence-electron chi connectivity index (χ1n) is 13.5. The summed E-state index contributed by atoms with van der Waals surface area (Å²) in [5.74, 6) is -3.54. The third-order valence-electron chi connectivity index (χ3n) is 8.27. The molecule has 2 aliphatic heterocycles. The maximum absolute atomic E-state index is 15.9. The van der Waals surface area contributed by atoms with Gasteiger partial charge < -0.3 is 26.4 Å². The van der Waals surface area contributed by atoms with E-state index < -0.39 is 59.0 Å². The van der Waals surface area contributed by atoms with E-state index >= 15 is 4.39 Å². The van der Waals surface area contributed by atoms with Crippen LogP contribution < -0.4 is 26.4 Å². The molecule has 3 aromatic rings. The van der Waals surface area contributed by atoms with Gasteiger partial charge in [-0.3, -0.25) is 18.8 Å². The number of alkyl halides is 1. The smallest absolute Gasteiger partial charge is 0.248 e. The molecule has 0 aromatic heterocycles. The quantitative estimate of drug-likeness (QED) is 0.259. The Balaban J connectivity index is 1.71. The molecule has 8 nitrogen and oxygen atoms in total. The highest BCUT2D eigenvalue weighted by molar-refractivity contribution is 6.31. The fourth-order valence-electron chi connectivity index (χ4n) is 6.31. The molecule has 0 saturated carbocycles. The molecule has 1 saturated heterocycles. The number of nitrogens with two attached hydrogens (primary N) is 1. The fraction of sp³-hybridized carbons (Fsp3) is 0.323. The summed E-state index contributed by atoms with van der Waals surface area (Å²) in [5, 5.41) is 9.14. The van der Waals surface area contributed by atoms with Crippen molar-refractivity contribution >= 4 is 52.3 Å². The third-order valence-corrected chi connectivity index (χ3v) is 8.79. The number of fused-ring (bicyclic) bond motifs is 2. The first kappa shape index (κ1) is 30.7. The summed E-state index contributed by atoms with van der Waals surface area (Å²) in [6.07, 6.45) is 0.123. The Morgan fingerprint density at radius 2 is 1.88 bits per heavy atom. The minimum absolute atomic E-state index is 0.0368. The first-order chi connectivity index (χ1) is 20.3.